The van der Waals surface area contributed by atoms with Gasteiger partial charge in [-0.25, -0.2) is 0 Å². The van der Waals surface area contributed by atoms with Crippen molar-refractivity contribution in [3.8, 4) is 0 Å². The first-order valence-corrected chi connectivity index (χ1v) is 41.6. The molecular weight excluding hydrogens is 1280 g/mol. The van der Waals surface area contributed by atoms with Crippen LogP contribution >= 0.6 is 0 Å². The van der Waals surface area contributed by atoms with Crippen LogP contribution in [0.4, 0.5) is 0 Å². The molecule has 0 aromatic carbocycles. The first-order valence-electron chi connectivity index (χ1n) is 41.6. The minimum atomic E-state index is 0. The van der Waals surface area contributed by atoms with E-state index in [0.29, 0.717) is 11.8 Å². The second-order valence-corrected chi connectivity index (χ2v) is 33.3. The molecule has 0 N–H and O–H groups in total. The predicted octanol–water partition coefficient (Wildman–Crippen LogP) is 32.9. The zero-order valence-corrected chi connectivity index (χ0v) is 76.0. The summed E-state index contributed by atoms with van der Waals surface area (Å²) in [5, 5.41) is 0. The summed E-state index contributed by atoms with van der Waals surface area (Å²) in [6.07, 6.45) is 69.9. The predicted molar refractivity (Wildman–Crippen MR) is 493 cm³/mol. The first-order chi connectivity index (χ1) is 46.8. The molecular formula is C103H197K. The molecule has 0 aliphatic heterocycles. The fourth-order valence-electron chi connectivity index (χ4n) is 13.0. The molecule has 0 aromatic heterocycles. The first kappa shape index (κ1) is 123. The van der Waals surface area contributed by atoms with Gasteiger partial charge in [-0.05, 0) is 270 Å². The summed E-state index contributed by atoms with van der Waals surface area (Å²) < 4.78 is 0. The summed E-state index contributed by atoms with van der Waals surface area (Å²) in [5.41, 5.74) is 0. The zero-order chi connectivity index (χ0) is 76.8. The van der Waals surface area contributed by atoms with Crippen LogP contribution in [0.3, 0.4) is 0 Å². The minimum absolute atomic E-state index is 0. The van der Waals surface area contributed by atoms with Crippen molar-refractivity contribution < 1.29 is 52.8 Å². The van der Waals surface area contributed by atoms with E-state index in [2.05, 4.69) is 318 Å². The van der Waals surface area contributed by atoms with E-state index in [1.807, 2.05) is 36.5 Å². The van der Waals surface area contributed by atoms with Gasteiger partial charge in [0.25, 0.3) is 0 Å². The van der Waals surface area contributed by atoms with Gasteiger partial charge in [0.2, 0.25) is 0 Å². The van der Waals surface area contributed by atoms with Crippen LogP contribution in [0.5, 0.6) is 0 Å². The fraction of sp³-hybridized carbons (Fsp3) is 0.728. The van der Waals surface area contributed by atoms with Crippen LogP contribution in [0.1, 0.15) is 346 Å². The Hall–Kier alpha value is -2.00. The number of allylic oxidation sites excluding steroid dienone is 20. The van der Waals surface area contributed by atoms with Crippen LogP contribution < -0.4 is 51.4 Å². The third-order valence-corrected chi connectivity index (χ3v) is 24.9. The average molecular weight is 1470 g/mol. The standard InChI is InChI=1S/C38H68.C31H58.2C12H22.C6H10.4CH4.K.H/c1-12-25-31(4)37(10)33(6)27-22-18-15-16-20-24-29-35(8)38(11)34(7)28-23-19-14-13-17-21-26-32(5)36(9)30(2)3;1-12-18-24(4)30(10)26(6)20-16-17-22-28(8)31(11)27(7)21-15-14-19-25(5)29(9)23(3)13-2;2*1-6-8-10(3)12(5)11(4)9-7-2;1-3-5-6-4-2;;;;;;/h12,18-19,21-24,26,29-38H,1,13-17,20,25,27-28H2,2-11H3;12,14-17,23-31H,1,13,18-22H2,2-11H3;2*6-7,10-12H,1-2,8-9H2,3-5H3;3-4H,1-2,5-6H2;4*1H4;;/q;;;;;;;;;+1;-1/b22-18+,23-19+,26-21+,29-24+;15-14+,17-16+;;;;;;;;;. The van der Waals surface area contributed by atoms with Crippen molar-refractivity contribution in [2.75, 3.05) is 0 Å². The Morgan fingerprint density at radius 3 is 0.596 bits per heavy atom. The second-order valence-electron chi connectivity index (χ2n) is 33.3. The van der Waals surface area contributed by atoms with Crippen LogP contribution in [-0.4, -0.2) is 0 Å². The van der Waals surface area contributed by atoms with Gasteiger partial charge in [-0.15, -0.1) is 52.6 Å². The number of rotatable bonds is 54. The van der Waals surface area contributed by atoms with E-state index in [9.17, 15) is 0 Å². The minimum Gasteiger partial charge on any atom is -1.00 e. The largest absolute Gasteiger partial charge is 1.00 e. The van der Waals surface area contributed by atoms with E-state index >= 15 is 0 Å². The molecule has 104 heavy (non-hydrogen) atoms. The Morgan fingerprint density at radius 1 is 0.212 bits per heavy atom. The topological polar surface area (TPSA) is 0 Å². The summed E-state index contributed by atoms with van der Waals surface area (Å²) >= 11 is 0. The Kier molecular flexibility index (Phi) is 96.9. The summed E-state index contributed by atoms with van der Waals surface area (Å²) in [5.74, 6) is 18.0. The van der Waals surface area contributed by atoms with Crippen molar-refractivity contribution in [2.24, 2.45) is 142 Å². The van der Waals surface area contributed by atoms with E-state index < -0.39 is 0 Å². The molecule has 0 aromatic rings. The van der Waals surface area contributed by atoms with Gasteiger partial charge < -0.3 is 1.43 Å². The van der Waals surface area contributed by atoms with Gasteiger partial charge in [0.1, 0.15) is 0 Å². The molecule has 0 fully saturated rings. The molecule has 0 saturated heterocycles. The molecule has 1 heteroatoms. The summed E-state index contributed by atoms with van der Waals surface area (Å²) in [6, 6.07) is 0. The van der Waals surface area contributed by atoms with Crippen LogP contribution in [0, 0.1) is 142 Å². The third kappa shape index (κ3) is 66.9. The molecule has 610 valence electrons. The summed E-state index contributed by atoms with van der Waals surface area (Å²) in [7, 11) is 0. The molecule has 0 rings (SSSR count). The van der Waals surface area contributed by atoms with Crippen molar-refractivity contribution in [2.45, 2.75) is 345 Å². The monoisotopic (exact) mass is 1470 g/mol. The molecule has 0 heterocycles. The number of unbranched alkanes of at least 4 members (excludes halogenated alkanes) is 5. The number of hydrogen-bond acceptors (Lipinski definition) is 0. The van der Waals surface area contributed by atoms with Crippen LogP contribution in [-0.2, 0) is 0 Å². The quantitative estimate of drug-likeness (QED) is 0.0323. The SMILES string of the molecule is C.C.C.C.C=CCC(C)C(C)C(C)C/C=C/CC(C)C(C)C(C)C/C=C/CC(C)C(C)C(C)CC.C=CCC(C)C(C)C(C)C/C=C/CCC/C=C/C(C)C(C)C(C)C/C=C/CCC/C=C/C(C)C(C)C(C)C.C=CCC(C)C(C)C(C)CC=C.C=CCC(C)C(C)C(C)CC=C.C=CCCC=C.[H-].[K+]. The molecule has 0 amide bonds. The molecule has 0 aliphatic carbocycles. The molecule has 0 spiro atoms. The smallest absolute Gasteiger partial charge is 1.00 e. The van der Waals surface area contributed by atoms with Crippen LogP contribution in [0.25, 0.3) is 0 Å². The number of hydrogen-bond donors (Lipinski definition) is 0. The van der Waals surface area contributed by atoms with Crippen LogP contribution in [0.2, 0.25) is 0 Å². The summed E-state index contributed by atoms with van der Waals surface area (Å²) in [4.78, 5) is 0. The average Bonchev–Trinajstić information content (AvgIpc) is 0.990. The van der Waals surface area contributed by atoms with Gasteiger partial charge in [-0.3, -0.25) is 0 Å². The summed E-state index contributed by atoms with van der Waals surface area (Å²) in [6.45, 7) is 91.6. The normalized spacial score (nSPS) is 18.0. The Balaban J connectivity index is -0.000000130. The van der Waals surface area contributed by atoms with Gasteiger partial charge in [0.15, 0.2) is 0 Å². The van der Waals surface area contributed by atoms with E-state index in [1.54, 1.807) is 0 Å². The molecule has 21 unspecified atom stereocenters. The van der Waals surface area contributed by atoms with E-state index in [-0.39, 0.29) is 82.5 Å². The fourth-order valence-corrected chi connectivity index (χ4v) is 13.0. The van der Waals surface area contributed by atoms with Crippen molar-refractivity contribution in [3.05, 3.63) is 174 Å². The maximum atomic E-state index is 3.90. The molecule has 0 radical (unpaired) electrons. The van der Waals surface area contributed by atoms with Crippen molar-refractivity contribution in [1.82, 2.24) is 0 Å². The maximum Gasteiger partial charge on any atom is 1.00 e. The van der Waals surface area contributed by atoms with Gasteiger partial charge in [-0.1, -0.05) is 338 Å². The Morgan fingerprint density at radius 2 is 0.394 bits per heavy atom. The van der Waals surface area contributed by atoms with Gasteiger partial charge >= 0.3 is 51.4 Å². The van der Waals surface area contributed by atoms with Gasteiger partial charge in [-0.2, -0.15) is 0 Å². The van der Waals surface area contributed by atoms with Crippen molar-refractivity contribution in [1.29, 1.82) is 0 Å². The Labute approximate surface area is 707 Å². The zero-order valence-electron chi connectivity index (χ0n) is 73.9. The van der Waals surface area contributed by atoms with Crippen LogP contribution in [0.15, 0.2) is 174 Å². The molecule has 21 atom stereocenters. The van der Waals surface area contributed by atoms with Gasteiger partial charge in [0, 0.05) is 0 Å². The second kappa shape index (κ2) is 82.0. The maximum absolute atomic E-state index is 3.90. The Bertz CT molecular complexity index is 2020. The van der Waals surface area contributed by atoms with E-state index in [4.69, 9.17) is 0 Å². The molecule has 0 bridgehead atoms. The van der Waals surface area contributed by atoms with Crippen molar-refractivity contribution >= 4 is 0 Å². The molecule has 0 saturated carbocycles. The molecule has 0 nitrogen and oxygen atoms in total. The van der Waals surface area contributed by atoms with Gasteiger partial charge in [0.05, 0.1) is 0 Å². The van der Waals surface area contributed by atoms with E-state index in [1.165, 1.54) is 83.5 Å². The van der Waals surface area contributed by atoms with Crippen molar-refractivity contribution in [3.63, 3.8) is 0 Å². The van der Waals surface area contributed by atoms with E-state index in [0.717, 1.165) is 182 Å². The molecule has 0 aliphatic rings. The third-order valence-electron chi connectivity index (χ3n) is 24.9.